The van der Waals surface area contributed by atoms with E-state index in [4.69, 9.17) is 5.73 Å². The van der Waals surface area contributed by atoms with E-state index in [-0.39, 0.29) is 5.54 Å². The maximum absolute atomic E-state index is 6.09. The Balaban J connectivity index is 3.40. The number of quaternary nitrogens is 1. The Morgan fingerprint density at radius 2 is 1.14 bits per heavy atom. The zero-order valence-corrected chi connectivity index (χ0v) is 15.7. The molecular weight excluding hydrogens is 256 g/mol. The van der Waals surface area contributed by atoms with Crippen LogP contribution >= 0.6 is 0 Å². The molecule has 0 saturated heterocycles. The average molecular weight is 300 g/mol. The molecular formula is C19H43N2+. The van der Waals surface area contributed by atoms with Crippen LogP contribution in [0, 0.1) is 0 Å². The summed E-state index contributed by atoms with van der Waals surface area (Å²) in [6, 6.07) is 0. The smallest absolute Gasteiger partial charge is 0.0800 e. The summed E-state index contributed by atoms with van der Waals surface area (Å²) in [5.74, 6) is 0. The van der Waals surface area contributed by atoms with E-state index in [0.717, 1.165) is 10.9 Å². The molecule has 0 rings (SSSR count). The summed E-state index contributed by atoms with van der Waals surface area (Å²) in [4.78, 5) is 0. The largest absolute Gasteiger partial charge is 0.328 e. The molecule has 2 nitrogen and oxygen atoms in total. The number of unbranched alkanes of at least 4 members (excludes halogenated alkanes) is 9. The highest BCUT2D eigenvalue weighted by Crippen LogP contribution is 2.13. The van der Waals surface area contributed by atoms with Crippen LogP contribution in [0.4, 0.5) is 0 Å². The van der Waals surface area contributed by atoms with Crippen LogP contribution in [-0.2, 0) is 0 Å². The minimum absolute atomic E-state index is 0.0205. The summed E-state index contributed by atoms with van der Waals surface area (Å²) < 4.78 is 1.12. The van der Waals surface area contributed by atoms with Crippen LogP contribution in [0.15, 0.2) is 0 Å². The first-order valence-electron chi connectivity index (χ1n) is 9.38. The van der Waals surface area contributed by atoms with Gasteiger partial charge in [-0.1, -0.05) is 58.3 Å². The number of nitrogens with zero attached hydrogens (tertiary/aromatic N) is 1. The number of hydrogen-bond acceptors (Lipinski definition) is 1. The lowest BCUT2D eigenvalue weighted by atomic mass is 10.0. The molecule has 2 heteroatoms. The van der Waals surface area contributed by atoms with Crippen molar-refractivity contribution in [3.63, 3.8) is 0 Å². The zero-order chi connectivity index (χ0) is 16.2. The molecule has 0 saturated carbocycles. The van der Waals surface area contributed by atoms with Gasteiger partial charge in [-0.25, -0.2) is 0 Å². The Bertz CT molecular complexity index is 228. The second kappa shape index (κ2) is 11.5. The zero-order valence-electron chi connectivity index (χ0n) is 15.7. The van der Waals surface area contributed by atoms with Crippen LogP contribution in [0.5, 0.6) is 0 Å². The first-order chi connectivity index (χ1) is 9.77. The summed E-state index contributed by atoms with van der Waals surface area (Å²) in [5.41, 5.74) is 6.07. The molecule has 0 spiro atoms. The molecule has 0 aromatic carbocycles. The van der Waals surface area contributed by atoms with Gasteiger partial charge in [0.1, 0.15) is 0 Å². The number of hydrogen-bond donors (Lipinski definition) is 1. The standard InChI is InChI=1S/C19H43N2/c1-6-7-8-9-10-11-12-13-14-15-17-21(4,5)18-16-19(2,3)20/h6-18,20H2,1-5H3/q+1. The molecule has 0 amide bonds. The highest BCUT2D eigenvalue weighted by Gasteiger charge is 2.19. The molecule has 0 bridgehead atoms. The van der Waals surface area contributed by atoms with Crippen LogP contribution < -0.4 is 5.73 Å². The van der Waals surface area contributed by atoms with Crippen molar-refractivity contribution in [3.8, 4) is 0 Å². The molecule has 21 heavy (non-hydrogen) atoms. The van der Waals surface area contributed by atoms with Gasteiger partial charge < -0.3 is 10.2 Å². The quantitative estimate of drug-likeness (QED) is 0.350. The van der Waals surface area contributed by atoms with Gasteiger partial charge in [-0.2, -0.15) is 0 Å². The van der Waals surface area contributed by atoms with Gasteiger partial charge in [0, 0.05) is 12.0 Å². The van der Waals surface area contributed by atoms with Gasteiger partial charge in [0.15, 0.2) is 0 Å². The van der Waals surface area contributed by atoms with Crippen LogP contribution in [0.25, 0.3) is 0 Å². The summed E-state index contributed by atoms with van der Waals surface area (Å²) in [7, 11) is 4.69. The van der Waals surface area contributed by atoms with Crippen molar-refractivity contribution < 1.29 is 4.48 Å². The predicted molar refractivity (Wildman–Crippen MR) is 96.6 cm³/mol. The molecule has 0 atom stereocenters. The molecule has 128 valence electrons. The fraction of sp³-hybridized carbons (Fsp3) is 1.00. The number of rotatable bonds is 14. The maximum Gasteiger partial charge on any atom is 0.0800 e. The molecule has 0 aliphatic rings. The van der Waals surface area contributed by atoms with Crippen LogP contribution in [0.1, 0.15) is 91.4 Å². The third-order valence-electron chi connectivity index (χ3n) is 4.48. The summed E-state index contributed by atoms with van der Waals surface area (Å²) >= 11 is 0. The van der Waals surface area contributed by atoms with Crippen molar-refractivity contribution in [3.05, 3.63) is 0 Å². The van der Waals surface area contributed by atoms with E-state index in [2.05, 4.69) is 34.9 Å². The van der Waals surface area contributed by atoms with Gasteiger partial charge in [-0.05, 0) is 26.7 Å². The Hall–Kier alpha value is -0.0800. The maximum atomic E-state index is 6.09. The van der Waals surface area contributed by atoms with Crippen LogP contribution in [0.3, 0.4) is 0 Å². The second-order valence-corrected chi connectivity index (χ2v) is 8.30. The minimum atomic E-state index is -0.0205. The summed E-state index contributed by atoms with van der Waals surface area (Å²) in [6.45, 7) is 9.04. The topological polar surface area (TPSA) is 26.0 Å². The monoisotopic (exact) mass is 299 g/mol. The second-order valence-electron chi connectivity index (χ2n) is 8.30. The Labute approximate surface area is 135 Å². The molecule has 0 aromatic heterocycles. The van der Waals surface area contributed by atoms with Crippen molar-refractivity contribution in [2.24, 2.45) is 5.73 Å². The van der Waals surface area contributed by atoms with Crippen molar-refractivity contribution in [1.82, 2.24) is 0 Å². The van der Waals surface area contributed by atoms with E-state index < -0.39 is 0 Å². The van der Waals surface area contributed by atoms with Crippen LogP contribution in [-0.4, -0.2) is 37.2 Å². The molecule has 2 N–H and O–H groups in total. The minimum Gasteiger partial charge on any atom is -0.328 e. The summed E-state index contributed by atoms with van der Waals surface area (Å²) in [5, 5.41) is 0. The molecule has 0 radical (unpaired) electrons. The fourth-order valence-corrected chi connectivity index (χ4v) is 2.73. The predicted octanol–water partition coefficient (Wildman–Crippen LogP) is 5.11. The molecule has 0 unspecified atom stereocenters. The van der Waals surface area contributed by atoms with Crippen molar-refractivity contribution in [1.29, 1.82) is 0 Å². The lowest BCUT2D eigenvalue weighted by Gasteiger charge is -2.32. The van der Waals surface area contributed by atoms with E-state index in [1.165, 1.54) is 77.3 Å². The SMILES string of the molecule is CCCCCCCCCCCC[N+](C)(C)CCC(C)(C)N. The lowest BCUT2D eigenvalue weighted by molar-refractivity contribution is -0.891. The molecule has 0 aliphatic carbocycles. The van der Waals surface area contributed by atoms with Gasteiger partial charge in [0.25, 0.3) is 0 Å². The van der Waals surface area contributed by atoms with Gasteiger partial charge >= 0.3 is 0 Å². The number of nitrogens with two attached hydrogens (primary N) is 1. The van der Waals surface area contributed by atoms with E-state index in [9.17, 15) is 0 Å². The van der Waals surface area contributed by atoms with Gasteiger partial charge in [-0.3, -0.25) is 0 Å². The van der Waals surface area contributed by atoms with Gasteiger partial charge in [-0.15, -0.1) is 0 Å². The molecule has 0 aliphatic heterocycles. The Morgan fingerprint density at radius 3 is 1.57 bits per heavy atom. The van der Waals surface area contributed by atoms with Gasteiger partial charge in [0.2, 0.25) is 0 Å². The first kappa shape index (κ1) is 20.9. The molecule has 0 fully saturated rings. The highest BCUT2D eigenvalue weighted by atomic mass is 15.3. The highest BCUT2D eigenvalue weighted by molar-refractivity contribution is 4.70. The molecule has 0 aromatic rings. The third-order valence-corrected chi connectivity index (χ3v) is 4.48. The third kappa shape index (κ3) is 16.1. The van der Waals surface area contributed by atoms with Crippen LogP contribution in [0.2, 0.25) is 0 Å². The van der Waals surface area contributed by atoms with E-state index in [1.54, 1.807) is 0 Å². The first-order valence-corrected chi connectivity index (χ1v) is 9.38. The normalized spacial score (nSPS) is 12.9. The average Bonchev–Trinajstić information content (AvgIpc) is 2.38. The van der Waals surface area contributed by atoms with Crippen molar-refractivity contribution >= 4 is 0 Å². The Kier molecular flexibility index (Phi) is 11.4. The fourth-order valence-electron chi connectivity index (χ4n) is 2.73. The Morgan fingerprint density at radius 1 is 0.714 bits per heavy atom. The van der Waals surface area contributed by atoms with E-state index in [0.29, 0.717) is 0 Å². The van der Waals surface area contributed by atoms with Crippen molar-refractivity contribution in [2.45, 2.75) is 96.9 Å². The lowest BCUT2D eigenvalue weighted by Crippen LogP contribution is -2.45. The van der Waals surface area contributed by atoms with Crippen molar-refractivity contribution in [2.75, 3.05) is 27.2 Å². The van der Waals surface area contributed by atoms with Gasteiger partial charge in [0.05, 0.1) is 27.2 Å². The van der Waals surface area contributed by atoms with E-state index >= 15 is 0 Å². The summed E-state index contributed by atoms with van der Waals surface area (Å²) in [6.07, 6.45) is 15.3. The van der Waals surface area contributed by atoms with E-state index in [1.807, 2.05) is 0 Å². The molecule has 0 heterocycles.